The van der Waals surface area contributed by atoms with Gasteiger partial charge in [0.2, 0.25) is 0 Å². The number of ether oxygens (including phenoxy) is 1. The number of benzene rings is 1. The van der Waals surface area contributed by atoms with Crippen LogP contribution in [0.15, 0.2) is 18.2 Å². The van der Waals surface area contributed by atoms with Crippen LogP contribution in [0.4, 0.5) is 0 Å². The second-order valence-electron chi connectivity index (χ2n) is 8.09. The highest BCUT2D eigenvalue weighted by molar-refractivity contribution is 6.62. The molecule has 2 heterocycles. The van der Waals surface area contributed by atoms with E-state index in [9.17, 15) is 4.79 Å². The van der Waals surface area contributed by atoms with Crippen LogP contribution in [0.2, 0.25) is 0 Å². The van der Waals surface area contributed by atoms with Crippen molar-refractivity contribution in [3.63, 3.8) is 0 Å². The lowest BCUT2D eigenvalue weighted by Gasteiger charge is -2.32. The van der Waals surface area contributed by atoms with Crippen molar-refractivity contribution in [2.24, 2.45) is 0 Å². The van der Waals surface area contributed by atoms with Gasteiger partial charge < -0.3 is 18.9 Å². The summed E-state index contributed by atoms with van der Waals surface area (Å²) in [6, 6.07) is 5.77. The number of carbonyl (C=O) groups is 1. The van der Waals surface area contributed by atoms with Crippen LogP contribution in [0, 0.1) is 6.92 Å². The van der Waals surface area contributed by atoms with E-state index >= 15 is 0 Å². The predicted octanol–water partition coefficient (Wildman–Crippen LogP) is 2.16. The molecule has 2 aliphatic rings. The maximum Gasteiger partial charge on any atom is 0.495 e. The molecule has 0 aliphatic carbocycles. The maximum absolute atomic E-state index is 12.9. The molecule has 0 radical (unpaired) electrons. The van der Waals surface area contributed by atoms with E-state index in [-0.39, 0.29) is 12.0 Å². The molecule has 0 bridgehead atoms. The van der Waals surface area contributed by atoms with Crippen molar-refractivity contribution in [3.8, 4) is 0 Å². The number of hydrogen-bond donors (Lipinski definition) is 0. The Morgan fingerprint density at radius 2 is 1.84 bits per heavy atom. The zero-order valence-electron chi connectivity index (χ0n) is 16.1. The molecule has 2 fully saturated rings. The molecule has 0 spiro atoms. The Morgan fingerprint density at radius 1 is 1.20 bits per heavy atom. The van der Waals surface area contributed by atoms with E-state index in [1.807, 2.05) is 64.6 Å². The van der Waals surface area contributed by atoms with Gasteiger partial charge in [0.15, 0.2) is 0 Å². The standard InChI is InChI=1S/C19H28BNO4/c1-13-7-8-15(17(22)21-9-10-23-14(2)12-21)11-16(13)20-24-18(3,4)19(5,6)25-20/h7-8,11,14H,9-10,12H2,1-6H3. The minimum absolute atomic E-state index is 0.0351. The van der Waals surface area contributed by atoms with Crippen molar-refractivity contribution in [2.75, 3.05) is 19.7 Å². The van der Waals surface area contributed by atoms with Crippen LogP contribution in [0.5, 0.6) is 0 Å². The first-order valence-electron chi connectivity index (χ1n) is 8.98. The summed E-state index contributed by atoms with van der Waals surface area (Å²) in [5.41, 5.74) is 1.86. The fourth-order valence-corrected chi connectivity index (χ4v) is 3.18. The van der Waals surface area contributed by atoms with Gasteiger partial charge in [-0.05, 0) is 59.1 Å². The Hall–Kier alpha value is -1.37. The fourth-order valence-electron chi connectivity index (χ4n) is 3.18. The van der Waals surface area contributed by atoms with Crippen LogP contribution >= 0.6 is 0 Å². The Bertz CT molecular complexity index is 657. The molecule has 0 saturated carbocycles. The Morgan fingerprint density at radius 3 is 2.44 bits per heavy atom. The summed E-state index contributed by atoms with van der Waals surface area (Å²) >= 11 is 0. The van der Waals surface area contributed by atoms with Gasteiger partial charge in [-0.15, -0.1) is 0 Å². The lowest BCUT2D eigenvalue weighted by atomic mass is 9.75. The monoisotopic (exact) mass is 345 g/mol. The van der Waals surface area contributed by atoms with Crippen molar-refractivity contribution < 1.29 is 18.8 Å². The summed E-state index contributed by atoms with van der Waals surface area (Å²) in [6.45, 7) is 14.0. The molecule has 5 nitrogen and oxygen atoms in total. The number of nitrogens with zero attached hydrogens (tertiary/aromatic N) is 1. The van der Waals surface area contributed by atoms with Gasteiger partial charge >= 0.3 is 7.12 Å². The fraction of sp³-hybridized carbons (Fsp3) is 0.632. The molecule has 136 valence electrons. The molecule has 1 aromatic carbocycles. The van der Waals surface area contributed by atoms with Gasteiger partial charge in [-0.2, -0.15) is 0 Å². The number of morpholine rings is 1. The molecule has 1 aromatic rings. The largest absolute Gasteiger partial charge is 0.495 e. The van der Waals surface area contributed by atoms with Crippen LogP contribution in [0.3, 0.4) is 0 Å². The second-order valence-corrected chi connectivity index (χ2v) is 8.09. The van der Waals surface area contributed by atoms with Crippen LogP contribution in [-0.2, 0) is 14.0 Å². The molecule has 3 rings (SSSR count). The first kappa shape index (κ1) is 18.4. The molecule has 1 unspecified atom stereocenters. The second kappa shape index (κ2) is 6.42. The summed E-state index contributed by atoms with van der Waals surface area (Å²) < 4.78 is 17.9. The van der Waals surface area contributed by atoms with Crippen LogP contribution < -0.4 is 5.46 Å². The number of carbonyl (C=O) groups excluding carboxylic acids is 1. The predicted molar refractivity (Wildman–Crippen MR) is 98.2 cm³/mol. The first-order valence-corrected chi connectivity index (χ1v) is 8.98. The van der Waals surface area contributed by atoms with E-state index < -0.39 is 18.3 Å². The van der Waals surface area contributed by atoms with Gasteiger partial charge in [0, 0.05) is 18.7 Å². The molecular weight excluding hydrogens is 317 g/mol. The normalized spacial score (nSPS) is 25.3. The van der Waals surface area contributed by atoms with Gasteiger partial charge in [0.25, 0.3) is 5.91 Å². The van der Waals surface area contributed by atoms with Crippen molar-refractivity contribution in [1.82, 2.24) is 4.90 Å². The number of rotatable bonds is 2. The lowest BCUT2D eigenvalue weighted by Crippen LogP contribution is -2.45. The highest BCUT2D eigenvalue weighted by Crippen LogP contribution is 2.36. The highest BCUT2D eigenvalue weighted by Gasteiger charge is 2.52. The average Bonchev–Trinajstić information content (AvgIpc) is 2.75. The van der Waals surface area contributed by atoms with Crippen LogP contribution in [0.1, 0.15) is 50.5 Å². The van der Waals surface area contributed by atoms with E-state index in [0.29, 0.717) is 25.3 Å². The molecule has 2 saturated heterocycles. The molecule has 0 N–H and O–H groups in total. The molecular formula is C19H28BNO4. The smallest absolute Gasteiger partial charge is 0.399 e. The zero-order chi connectivity index (χ0) is 18.4. The summed E-state index contributed by atoms with van der Waals surface area (Å²) in [4.78, 5) is 14.7. The molecule has 2 aliphatic heterocycles. The third-order valence-electron chi connectivity index (χ3n) is 5.56. The zero-order valence-corrected chi connectivity index (χ0v) is 16.1. The number of aryl methyl sites for hydroxylation is 1. The summed E-state index contributed by atoms with van der Waals surface area (Å²) in [5.74, 6) is 0.0351. The van der Waals surface area contributed by atoms with Crippen molar-refractivity contribution >= 4 is 18.5 Å². The molecule has 25 heavy (non-hydrogen) atoms. The van der Waals surface area contributed by atoms with E-state index in [4.69, 9.17) is 14.0 Å². The van der Waals surface area contributed by atoms with Gasteiger partial charge in [-0.1, -0.05) is 11.6 Å². The Kier molecular flexibility index (Phi) is 4.73. The topological polar surface area (TPSA) is 48.0 Å². The van der Waals surface area contributed by atoms with Gasteiger partial charge in [-0.3, -0.25) is 4.79 Å². The SMILES string of the molecule is Cc1ccc(C(=O)N2CCOC(C)C2)cc1B1OC(C)(C)C(C)(C)O1. The minimum atomic E-state index is -0.457. The molecule has 6 heteroatoms. The quantitative estimate of drug-likeness (QED) is 0.771. The Labute approximate surface area is 150 Å². The average molecular weight is 345 g/mol. The summed E-state index contributed by atoms with van der Waals surface area (Å²) in [7, 11) is -0.457. The molecule has 0 aromatic heterocycles. The van der Waals surface area contributed by atoms with Gasteiger partial charge in [0.1, 0.15) is 0 Å². The minimum Gasteiger partial charge on any atom is -0.399 e. The Balaban J connectivity index is 1.85. The summed E-state index contributed by atoms with van der Waals surface area (Å²) in [6.07, 6.45) is 0.0747. The van der Waals surface area contributed by atoms with Crippen molar-refractivity contribution in [2.45, 2.75) is 58.8 Å². The third kappa shape index (κ3) is 3.48. The van der Waals surface area contributed by atoms with E-state index in [2.05, 4.69) is 0 Å². The number of amides is 1. The lowest BCUT2D eigenvalue weighted by molar-refractivity contribution is -0.0124. The van der Waals surface area contributed by atoms with Crippen molar-refractivity contribution in [3.05, 3.63) is 29.3 Å². The maximum atomic E-state index is 12.9. The van der Waals surface area contributed by atoms with E-state index in [1.54, 1.807) is 0 Å². The van der Waals surface area contributed by atoms with E-state index in [1.165, 1.54) is 0 Å². The van der Waals surface area contributed by atoms with E-state index in [0.717, 1.165) is 11.0 Å². The van der Waals surface area contributed by atoms with Crippen molar-refractivity contribution in [1.29, 1.82) is 0 Å². The highest BCUT2D eigenvalue weighted by atomic mass is 16.7. The molecule has 1 amide bonds. The van der Waals surface area contributed by atoms with Gasteiger partial charge in [0.05, 0.1) is 23.9 Å². The van der Waals surface area contributed by atoms with Crippen LogP contribution in [0.25, 0.3) is 0 Å². The molecule has 1 atom stereocenters. The van der Waals surface area contributed by atoms with Gasteiger partial charge in [-0.25, -0.2) is 0 Å². The first-order chi connectivity index (χ1) is 11.6. The van der Waals surface area contributed by atoms with Crippen LogP contribution in [-0.4, -0.2) is 54.9 Å². The summed E-state index contributed by atoms with van der Waals surface area (Å²) in [5, 5.41) is 0. The third-order valence-corrected chi connectivity index (χ3v) is 5.56. The number of hydrogen-bond acceptors (Lipinski definition) is 4.